The van der Waals surface area contributed by atoms with Gasteiger partial charge in [0.2, 0.25) is 11.5 Å². The highest BCUT2D eigenvalue weighted by Crippen LogP contribution is 2.61. The number of hydrogen-bond acceptors (Lipinski definition) is 10. The molecule has 36 heavy (non-hydrogen) atoms. The highest BCUT2D eigenvalue weighted by molar-refractivity contribution is 5.87. The van der Waals surface area contributed by atoms with Gasteiger partial charge < -0.3 is 37.9 Å². The Morgan fingerprint density at radius 1 is 0.500 bits per heavy atom. The van der Waals surface area contributed by atoms with Crippen LogP contribution in [0.25, 0.3) is 0 Å². The van der Waals surface area contributed by atoms with E-state index in [1.807, 2.05) is 0 Å². The summed E-state index contributed by atoms with van der Waals surface area (Å²) in [5, 5.41) is 0. The highest BCUT2D eigenvalue weighted by Gasteiger charge is 2.60. The number of ether oxygens (including phenoxy) is 8. The maximum Gasteiger partial charge on any atom is 0.310 e. The van der Waals surface area contributed by atoms with Crippen molar-refractivity contribution < 1.29 is 47.5 Å². The maximum atomic E-state index is 13.0. The third-order valence-corrected chi connectivity index (χ3v) is 6.64. The largest absolute Gasteiger partial charge is 0.493 e. The number of carbonyl (C=O) groups is 2. The van der Waals surface area contributed by atoms with Crippen LogP contribution in [0.4, 0.5) is 0 Å². The molecule has 2 aromatic carbocycles. The molecule has 0 bridgehead atoms. The SMILES string of the molecule is COC(=O)[C@@H]1[C@@H](C(=O)OC)[C@H](c2cc(OC)c(OC)c(OC)c2)[C@H]1c1cc(OC)c(OC)c(OC)c1. The molecule has 10 nitrogen and oxygen atoms in total. The molecule has 196 valence electrons. The molecule has 1 fully saturated rings. The van der Waals surface area contributed by atoms with Crippen LogP contribution < -0.4 is 28.4 Å². The first-order valence-electron chi connectivity index (χ1n) is 11.1. The van der Waals surface area contributed by atoms with Crippen molar-refractivity contribution >= 4 is 11.9 Å². The quantitative estimate of drug-likeness (QED) is 0.448. The van der Waals surface area contributed by atoms with E-state index in [2.05, 4.69) is 0 Å². The van der Waals surface area contributed by atoms with Gasteiger partial charge in [0.1, 0.15) is 0 Å². The van der Waals surface area contributed by atoms with Crippen LogP contribution >= 0.6 is 0 Å². The summed E-state index contributed by atoms with van der Waals surface area (Å²) < 4.78 is 43.2. The molecule has 0 N–H and O–H groups in total. The number of benzene rings is 2. The van der Waals surface area contributed by atoms with E-state index in [1.165, 1.54) is 56.9 Å². The summed E-state index contributed by atoms with van der Waals surface area (Å²) in [6.07, 6.45) is 0. The summed E-state index contributed by atoms with van der Waals surface area (Å²) >= 11 is 0. The number of rotatable bonds is 10. The number of carbonyl (C=O) groups excluding carboxylic acids is 2. The van der Waals surface area contributed by atoms with Crippen molar-refractivity contribution in [1.82, 2.24) is 0 Å². The van der Waals surface area contributed by atoms with Crippen molar-refractivity contribution in [3.63, 3.8) is 0 Å². The number of methoxy groups -OCH3 is 8. The topological polar surface area (TPSA) is 108 Å². The van der Waals surface area contributed by atoms with Gasteiger partial charge in [-0.3, -0.25) is 9.59 Å². The minimum absolute atomic E-state index is 0.409. The van der Waals surface area contributed by atoms with E-state index < -0.39 is 35.6 Å². The van der Waals surface area contributed by atoms with Crippen LogP contribution in [0.1, 0.15) is 23.0 Å². The number of hydrogen-bond donors (Lipinski definition) is 0. The van der Waals surface area contributed by atoms with Crippen LogP contribution in [0.5, 0.6) is 34.5 Å². The average molecular weight is 505 g/mol. The Balaban J connectivity index is 2.28. The zero-order chi connectivity index (χ0) is 26.6. The van der Waals surface area contributed by atoms with Crippen LogP contribution in [0.15, 0.2) is 24.3 Å². The Hall–Kier alpha value is -3.82. The molecule has 0 amide bonds. The van der Waals surface area contributed by atoms with Gasteiger partial charge in [-0.25, -0.2) is 0 Å². The Morgan fingerprint density at radius 3 is 0.972 bits per heavy atom. The lowest BCUT2D eigenvalue weighted by Crippen LogP contribution is -2.52. The van der Waals surface area contributed by atoms with Gasteiger partial charge >= 0.3 is 11.9 Å². The lowest BCUT2D eigenvalue weighted by atomic mass is 9.52. The molecule has 1 saturated carbocycles. The summed E-state index contributed by atoms with van der Waals surface area (Å²) in [7, 11) is 11.6. The number of esters is 2. The molecule has 0 aromatic heterocycles. The van der Waals surface area contributed by atoms with E-state index in [1.54, 1.807) is 24.3 Å². The lowest BCUT2D eigenvalue weighted by molar-refractivity contribution is -0.168. The Kier molecular flexibility index (Phi) is 8.39. The van der Waals surface area contributed by atoms with Crippen LogP contribution in [-0.4, -0.2) is 68.8 Å². The molecule has 2 aromatic rings. The van der Waals surface area contributed by atoms with Crippen molar-refractivity contribution in [2.45, 2.75) is 11.8 Å². The fourth-order valence-electron chi connectivity index (χ4n) is 5.02. The van der Waals surface area contributed by atoms with E-state index in [0.717, 1.165) is 0 Å². The fraction of sp³-hybridized carbons (Fsp3) is 0.462. The normalized spacial score (nSPS) is 20.4. The van der Waals surface area contributed by atoms with Gasteiger partial charge in [-0.05, 0) is 35.4 Å². The second kappa shape index (κ2) is 11.3. The first-order chi connectivity index (χ1) is 17.3. The second-order valence-corrected chi connectivity index (χ2v) is 8.07. The third-order valence-electron chi connectivity index (χ3n) is 6.64. The summed E-state index contributed by atoms with van der Waals surface area (Å²) in [4.78, 5) is 26.0. The molecule has 4 atom stereocenters. The van der Waals surface area contributed by atoms with Gasteiger partial charge in [-0.15, -0.1) is 0 Å². The zero-order valence-electron chi connectivity index (χ0n) is 21.7. The van der Waals surface area contributed by atoms with Gasteiger partial charge in [-0.2, -0.15) is 0 Å². The van der Waals surface area contributed by atoms with Crippen molar-refractivity contribution in [2.75, 3.05) is 56.9 Å². The third kappa shape index (κ3) is 4.43. The molecule has 0 saturated heterocycles. The van der Waals surface area contributed by atoms with Crippen molar-refractivity contribution in [3.05, 3.63) is 35.4 Å². The van der Waals surface area contributed by atoms with Crippen LogP contribution in [-0.2, 0) is 19.1 Å². The molecule has 0 heterocycles. The molecule has 3 rings (SSSR count). The van der Waals surface area contributed by atoms with Gasteiger partial charge in [0, 0.05) is 11.8 Å². The highest BCUT2D eigenvalue weighted by atomic mass is 16.5. The van der Waals surface area contributed by atoms with Crippen LogP contribution in [0.2, 0.25) is 0 Å². The fourth-order valence-corrected chi connectivity index (χ4v) is 5.02. The van der Waals surface area contributed by atoms with Crippen molar-refractivity contribution in [3.8, 4) is 34.5 Å². The van der Waals surface area contributed by atoms with Gasteiger partial charge in [-0.1, -0.05) is 0 Å². The predicted molar refractivity (Wildman–Crippen MR) is 129 cm³/mol. The zero-order valence-corrected chi connectivity index (χ0v) is 21.7. The van der Waals surface area contributed by atoms with E-state index >= 15 is 0 Å². The monoisotopic (exact) mass is 504 g/mol. The molecule has 0 radical (unpaired) electrons. The van der Waals surface area contributed by atoms with E-state index in [4.69, 9.17) is 37.9 Å². The molecule has 0 unspecified atom stereocenters. The summed E-state index contributed by atoms with van der Waals surface area (Å²) in [6, 6.07) is 7.06. The Morgan fingerprint density at radius 2 is 0.778 bits per heavy atom. The van der Waals surface area contributed by atoms with Gasteiger partial charge in [0.15, 0.2) is 23.0 Å². The van der Waals surface area contributed by atoms with E-state index in [9.17, 15) is 9.59 Å². The van der Waals surface area contributed by atoms with E-state index in [0.29, 0.717) is 45.6 Å². The smallest absolute Gasteiger partial charge is 0.310 e. The van der Waals surface area contributed by atoms with Gasteiger partial charge in [0.25, 0.3) is 0 Å². The standard InChI is InChI=1S/C26H32O10/c1-29-15-9-13(10-16(30-2)23(15)33-5)19-20(22(26(28)36-8)21(19)25(27)35-7)14-11-17(31-3)24(34-6)18(12-14)32-4/h9-12,19-22H,1-8H3/t19-,20-,21+,22+/m1/s1. The van der Waals surface area contributed by atoms with Gasteiger partial charge in [0.05, 0.1) is 68.7 Å². The first kappa shape index (κ1) is 26.8. The second-order valence-electron chi connectivity index (χ2n) is 8.07. The van der Waals surface area contributed by atoms with Crippen molar-refractivity contribution in [1.29, 1.82) is 0 Å². The molecule has 1 aliphatic rings. The molecule has 0 spiro atoms. The predicted octanol–water partition coefficient (Wildman–Crippen LogP) is 3.20. The molecular formula is C26H32O10. The molecular weight excluding hydrogens is 472 g/mol. The summed E-state index contributed by atoms with van der Waals surface area (Å²) in [5.74, 6) is -1.24. The molecule has 0 aliphatic heterocycles. The molecule has 1 aliphatic carbocycles. The van der Waals surface area contributed by atoms with Crippen LogP contribution in [0, 0.1) is 11.8 Å². The first-order valence-corrected chi connectivity index (χ1v) is 11.1. The van der Waals surface area contributed by atoms with E-state index in [-0.39, 0.29) is 0 Å². The summed E-state index contributed by atoms with van der Waals surface area (Å²) in [5.41, 5.74) is 1.39. The Bertz CT molecular complexity index is 974. The maximum absolute atomic E-state index is 13.0. The average Bonchev–Trinajstić information content (AvgIpc) is 2.90. The van der Waals surface area contributed by atoms with Crippen LogP contribution in [0.3, 0.4) is 0 Å². The minimum Gasteiger partial charge on any atom is -0.493 e. The summed E-state index contributed by atoms with van der Waals surface area (Å²) in [6.45, 7) is 0. The van der Waals surface area contributed by atoms with Crippen molar-refractivity contribution in [2.24, 2.45) is 11.8 Å². The Labute approximate surface area is 210 Å². The molecule has 10 heteroatoms. The minimum atomic E-state index is -0.825. The lowest BCUT2D eigenvalue weighted by Gasteiger charge is -2.49.